The summed E-state index contributed by atoms with van der Waals surface area (Å²) in [6.07, 6.45) is 0.372. The summed E-state index contributed by atoms with van der Waals surface area (Å²) in [5, 5.41) is 13.0. The van der Waals surface area contributed by atoms with Gasteiger partial charge < -0.3 is 15.2 Å². The van der Waals surface area contributed by atoms with E-state index in [0.29, 0.717) is 12.2 Å². The molecule has 188 valence electrons. The molecule has 3 unspecified atom stereocenters. The number of nitrogens with one attached hydrogen (secondary N) is 1. The van der Waals surface area contributed by atoms with Crippen molar-refractivity contribution in [2.75, 3.05) is 5.32 Å². The quantitative estimate of drug-likeness (QED) is 0.262. The van der Waals surface area contributed by atoms with Gasteiger partial charge in [-0.1, -0.05) is 84.9 Å². The third-order valence-electron chi connectivity index (χ3n) is 7.59. The standard InChI is InChI=1S/C32H25NO5/c34-26-18-23-15-14-22(17-25(23)33-26)21-12-7-13-24(16-21)38-32(37)30-27(19-8-3-1-4-9-19)29(31(35)36)28(30)20-10-5-2-6-11-20/h1-17,27-30H,18H2,(H,33,34)(H,35,36)/t27-,28?,29?,30?/m0/s1. The highest BCUT2D eigenvalue weighted by molar-refractivity contribution is 6.00. The predicted octanol–water partition coefficient (Wildman–Crippen LogP) is 5.65. The van der Waals surface area contributed by atoms with Gasteiger partial charge in [0.15, 0.2) is 0 Å². The molecule has 0 aromatic heterocycles. The molecule has 1 fully saturated rings. The molecule has 1 saturated carbocycles. The molecule has 1 amide bonds. The van der Waals surface area contributed by atoms with Crippen molar-refractivity contribution in [1.82, 2.24) is 0 Å². The van der Waals surface area contributed by atoms with Gasteiger partial charge in [0.05, 0.1) is 18.3 Å². The Bertz CT molecular complexity index is 1480. The van der Waals surface area contributed by atoms with Gasteiger partial charge >= 0.3 is 11.9 Å². The fourth-order valence-electron chi connectivity index (χ4n) is 5.85. The monoisotopic (exact) mass is 503 g/mol. The lowest BCUT2D eigenvalue weighted by Gasteiger charge is -2.48. The minimum atomic E-state index is -0.928. The molecule has 6 rings (SSSR count). The van der Waals surface area contributed by atoms with Crippen molar-refractivity contribution in [2.45, 2.75) is 18.3 Å². The fourth-order valence-corrected chi connectivity index (χ4v) is 5.85. The number of esters is 1. The van der Waals surface area contributed by atoms with Gasteiger partial charge in [0, 0.05) is 17.5 Å². The molecule has 0 saturated heterocycles. The molecular weight excluding hydrogens is 478 g/mol. The van der Waals surface area contributed by atoms with Crippen LogP contribution in [0.25, 0.3) is 11.1 Å². The van der Waals surface area contributed by atoms with Gasteiger partial charge in [0.25, 0.3) is 0 Å². The molecule has 0 radical (unpaired) electrons. The first-order valence-corrected chi connectivity index (χ1v) is 12.6. The van der Waals surface area contributed by atoms with Crippen molar-refractivity contribution in [3.05, 3.63) is 120 Å². The van der Waals surface area contributed by atoms with Crippen LogP contribution in [0.4, 0.5) is 5.69 Å². The van der Waals surface area contributed by atoms with Crippen LogP contribution in [-0.2, 0) is 20.8 Å². The van der Waals surface area contributed by atoms with E-state index in [4.69, 9.17) is 4.74 Å². The summed E-state index contributed by atoms with van der Waals surface area (Å²) in [5.74, 6) is -3.43. The Kier molecular flexibility index (Phi) is 6.00. The first-order chi connectivity index (χ1) is 18.5. The number of carboxylic acid groups (broad SMARTS) is 1. The van der Waals surface area contributed by atoms with Crippen LogP contribution in [0.1, 0.15) is 28.5 Å². The molecule has 2 aliphatic rings. The zero-order valence-electron chi connectivity index (χ0n) is 20.4. The average Bonchev–Trinajstić information content (AvgIpc) is 3.28. The van der Waals surface area contributed by atoms with Crippen LogP contribution < -0.4 is 10.1 Å². The summed E-state index contributed by atoms with van der Waals surface area (Å²) in [7, 11) is 0. The highest BCUT2D eigenvalue weighted by Crippen LogP contribution is 2.58. The Morgan fingerprint density at radius 2 is 1.37 bits per heavy atom. The first kappa shape index (κ1) is 23.7. The number of hydrogen-bond acceptors (Lipinski definition) is 4. The number of carbonyl (C=O) groups is 3. The van der Waals surface area contributed by atoms with Crippen LogP contribution in [-0.4, -0.2) is 23.0 Å². The first-order valence-electron chi connectivity index (χ1n) is 12.6. The summed E-state index contributed by atoms with van der Waals surface area (Å²) in [4.78, 5) is 37.8. The summed E-state index contributed by atoms with van der Waals surface area (Å²) in [6, 6.07) is 31.7. The molecule has 1 heterocycles. The van der Waals surface area contributed by atoms with E-state index in [9.17, 15) is 19.5 Å². The number of ether oxygens (including phenoxy) is 1. The molecule has 2 N–H and O–H groups in total. The topological polar surface area (TPSA) is 92.7 Å². The summed E-state index contributed by atoms with van der Waals surface area (Å²) < 4.78 is 5.92. The lowest BCUT2D eigenvalue weighted by molar-refractivity contribution is -0.158. The summed E-state index contributed by atoms with van der Waals surface area (Å²) >= 11 is 0. The summed E-state index contributed by atoms with van der Waals surface area (Å²) in [5.41, 5.74) is 5.10. The largest absolute Gasteiger partial charge is 0.481 e. The minimum absolute atomic E-state index is 0.0269. The van der Waals surface area contributed by atoms with Gasteiger partial charge in [0.1, 0.15) is 5.75 Å². The van der Waals surface area contributed by atoms with Crippen molar-refractivity contribution < 1.29 is 24.2 Å². The second kappa shape index (κ2) is 9.63. The summed E-state index contributed by atoms with van der Waals surface area (Å²) in [6.45, 7) is 0. The number of benzene rings is 4. The van der Waals surface area contributed by atoms with E-state index < -0.39 is 35.6 Å². The van der Waals surface area contributed by atoms with Crippen molar-refractivity contribution in [1.29, 1.82) is 0 Å². The van der Waals surface area contributed by atoms with E-state index in [1.54, 1.807) is 12.1 Å². The molecule has 0 bridgehead atoms. The van der Waals surface area contributed by atoms with Crippen molar-refractivity contribution >= 4 is 23.5 Å². The number of aliphatic carboxylic acids is 1. The number of rotatable bonds is 6. The van der Waals surface area contributed by atoms with Crippen LogP contribution in [0.15, 0.2) is 103 Å². The van der Waals surface area contributed by atoms with E-state index in [1.807, 2.05) is 91.0 Å². The van der Waals surface area contributed by atoms with Gasteiger partial charge in [-0.05, 0) is 46.0 Å². The molecule has 4 aromatic rings. The van der Waals surface area contributed by atoms with Gasteiger partial charge in [-0.3, -0.25) is 14.4 Å². The van der Waals surface area contributed by atoms with Gasteiger partial charge in [-0.25, -0.2) is 0 Å². The highest BCUT2D eigenvalue weighted by atomic mass is 16.5. The number of carbonyl (C=O) groups excluding carboxylic acids is 2. The Morgan fingerprint density at radius 1 is 0.737 bits per heavy atom. The van der Waals surface area contributed by atoms with Crippen molar-refractivity contribution in [3.63, 3.8) is 0 Å². The van der Waals surface area contributed by atoms with Gasteiger partial charge in [-0.2, -0.15) is 0 Å². The molecular formula is C32H25NO5. The third kappa shape index (κ3) is 4.24. The average molecular weight is 504 g/mol. The van der Waals surface area contributed by atoms with E-state index in [0.717, 1.165) is 33.5 Å². The molecule has 6 heteroatoms. The lowest BCUT2D eigenvalue weighted by Crippen LogP contribution is -2.52. The van der Waals surface area contributed by atoms with Crippen molar-refractivity contribution in [3.8, 4) is 16.9 Å². The zero-order chi connectivity index (χ0) is 26.2. The Balaban J connectivity index is 1.31. The van der Waals surface area contributed by atoms with Crippen LogP contribution in [0.2, 0.25) is 0 Å². The lowest BCUT2D eigenvalue weighted by atomic mass is 9.52. The number of anilines is 1. The van der Waals surface area contributed by atoms with E-state index >= 15 is 0 Å². The Morgan fingerprint density at radius 3 is 2.00 bits per heavy atom. The second-order valence-electron chi connectivity index (χ2n) is 9.81. The third-order valence-corrected chi connectivity index (χ3v) is 7.59. The maximum atomic E-state index is 13.7. The zero-order valence-corrected chi connectivity index (χ0v) is 20.4. The van der Waals surface area contributed by atoms with E-state index in [-0.39, 0.29) is 5.91 Å². The van der Waals surface area contributed by atoms with Crippen LogP contribution in [0.5, 0.6) is 5.75 Å². The van der Waals surface area contributed by atoms with E-state index in [1.165, 1.54) is 0 Å². The number of amides is 1. The maximum Gasteiger partial charge on any atom is 0.315 e. The fraction of sp³-hybridized carbons (Fsp3) is 0.156. The van der Waals surface area contributed by atoms with Crippen LogP contribution in [0.3, 0.4) is 0 Å². The molecule has 6 nitrogen and oxygen atoms in total. The van der Waals surface area contributed by atoms with Crippen LogP contribution >= 0.6 is 0 Å². The molecule has 38 heavy (non-hydrogen) atoms. The second-order valence-corrected chi connectivity index (χ2v) is 9.81. The SMILES string of the molecule is O=C1Cc2ccc(-c3cccc(OC(=O)C4C(c5ccccc5)C(C(=O)O)[C@@H]4c4ccccc4)c3)cc2N1. The molecule has 4 atom stereocenters. The molecule has 1 aliphatic carbocycles. The normalized spacial score (nSPS) is 21.6. The maximum absolute atomic E-state index is 13.7. The Labute approximate surface area is 219 Å². The highest BCUT2D eigenvalue weighted by Gasteiger charge is 2.59. The molecule has 1 aliphatic heterocycles. The molecule has 0 spiro atoms. The van der Waals surface area contributed by atoms with Crippen LogP contribution in [0, 0.1) is 11.8 Å². The number of hydrogen-bond donors (Lipinski definition) is 2. The number of fused-ring (bicyclic) bond motifs is 1. The smallest absolute Gasteiger partial charge is 0.315 e. The minimum Gasteiger partial charge on any atom is -0.481 e. The molecule has 4 aromatic carbocycles. The van der Waals surface area contributed by atoms with Gasteiger partial charge in [-0.15, -0.1) is 0 Å². The van der Waals surface area contributed by atoms with Crippen molar-refractivity contribution in [2.24, 2.45) is 11.8 Å². The van der Waals surface area contributed by atoms with Gasteiger partial charge in [0.2, 0.25) is 5.91 Å². The Hall–Kier alpha value is -4.71. The predicted molar refractivity (Wildman–Crippen MR) is 143 cm³/mol. The van der Waals surface area contributed by atoms with E-state index in [2.05, 4.69) is 5.32 Å². The number of carboxylic acids is 1.